The predicted octanol–water partition coefficient (Wildman–Crippen LogP) is -0.413. The minimum Gasteiger partial charge on any atom is -0.480 e. The third kappa shape index (κ3) is 2.16. The quantitative estimate of drug-likeness (QED) is 0.611. The van der Waals surface area contributed by atoms with Crippen molar-refractivity contribution in [2.24, 2.45) is 0 Å². The zero-order valence-electron chi connectivity index (χ0n) is 6.35. The van der Waals surface area contributed by atoms with Crippen LogP contribution >= 0.6 is 0 Å². The Morgan fingerprint density at radius 3 is 2.00 bits per heavy atom. The van der Waals surface area contributed by atoms with Crippen LogP contribution in [0.1, 0.15) is 6.92 Å². The maximum absolute atomic E-state index is 10.9. The minimum atomic E-state index is -4.04. The topological polar surface area (TPSA) is 88.5 Å². The standard InChI is InChI=1S/C6H8O5S/c1-3-12(10,11)5(4(2)7)6(8)9/h3,5H,1H2,2H3,(H,8,9). The van der Waals surface area contributed by atoms with Crippen LogP contribution in [0.25, 0.3) is 0 Å². The van der Waals surface area contributed by atoms with Gasteiger partial charge in [0.2, 0.25) is 5.25 Å². The number of rotatable bonds is 4. The van der Waals surface area contributed by atoms with E-state index in [0.717, 1.165) is 6.92 Å². The Balaban J connectivity index is 5.16. The summed E-state index contributed by atoms with van der Waals surface area (Å²) in [4.78, 5) is 20.9. The molecule has 1 unspecified atom stereocenters. The van der Waals surface area contributed by atoms with Crippen molar-refractivity contribution in [1.29, 1.82) is 0 Å². The average Bonchev–Trinajstić information content (AvgIpc) is 1.84. The lowest BCUT2D eigenvalue weighted by atomic mass is 10.3. The van der Waals surface area contributed by atoms with E-state index in [0.29, 0.717) is 5.41 Å². The summed E-state index contributed by atoms with van der Waals surface area (Å²) in [5, 5.41) is 6.81. The first-order valence-electron chi connectivity index (χ1n) is 2.92. The third-order valence-electron chi connectivity index (χ3n) is 1.15. The van der Waals surface area contributed by atoms with Gasteiger partial charge >= 0.3 is 5.97 Å². The average molecular weight is 192 g/mol. The summed E-state index contributed by atoms with van der Waals surface area (Å²) in [7, 11) is -4.04. The van der Waals surface area contributed by atoms with Crippen LogP contribution in [0.5, 0.6) is 0 Å². The van der Waals surface area contributed by atoms with Gasteiger partial charge in [-0.1, -0.05) is 6.58 Å². The molecule has 0 aromatic heterocycles. The van der Waals surface area contributed by atoms with E-state index in [1.165, 1.54) is 0 Å². The van der Waals surface area contributed by atoms with Crippen molar-refractivity contribution in [2.75, 3.05) is 0 Å². The second kappa shape index (κ2) is 3.48. The van der Waals surface area contributed by atoms with E-state index in [1.807, 2.05) is 0 Å². The largest absolute Gasteiger partial charge is 0.480 e. The van der Waals surface area contributed by atoms with Crippen LogP contribution in [0.2, 0.25) is 0 Å². The molecule has 0 heterocycles. The van der Waals surface area contributed by atoms with Crippen molar-refractivity contribution >= 4 is 21.6 Å². The molecule has 0 saturated carbocycles. The number of carboxylic acid groups (broad SMARTS) is 1. The van der Waals surface area contributed by atoms with Crippen LogP contribution < -0.4 is 0 Å². The van der Waals surface area contributed by atoms with Gasteiger partial charge in [0.15, 0.2) is 15.6 Å². The molecule has 68 valence electrons. The first-order chi connectivity index (χ1) is 5.33. The number of sulfone groups is 1. The minimum absolute atomic E-state index is 0.465. The number of hydrogen-bond donors (Lipinski definition) is 1. The lowest BCUT2D eigenvalue weighted by Crippen LogP contribution is -2.35. The van der Waals surface area contributed by atoms with Gasteiger partial charge < -0.3 is 5.11 Å². The van der Waals surface area contributed by atoms with Crippen molar-refractivity contribution in [3.63, 3.8) is 0 Å². The number of carboxylic acids is 1. The molecule has 0 aromatic carbocycles. The summed E-state index contributed by atoms with van der Waals surface area (Å²) in [5.41, 5.74) is 0. The maximum atomic E-state index is 10.9. The van der Waals surface area contributed by atoms with Crippen LogP contribution in [-0.4, -0.2) is 30.5 Å². The van der Waals surface area contributed by atoms with Gasteiger partial charge in [-0.2, -0.15) is 0 Å². The second-order valence-electron chi connectivity index (χ2n) is 2.08. The predicted molar refractivity (Wildman–Crippen MR) is 41.2 cm³/mol. The van der Waals surface area contributed by atoms with Gasteiger partial charge in [-0.3, -0.25) is 9.59 Å². The Kier molecular flexibility index (Phi) is 3.15. The number of ketones is 1. The Hall–Kier alpha value is -1.17. The molecule has 0 rings (SSSR count). The van der Waals surface area contributed by atoms with E-state index in [2.05, 4.69) is 6.58 Å². The van der Waals surface area contributed by atoms with Gasteiger partial charge in [-0.15, -0.1) is 0 Å². The Morgan fingerprint density at radius 2 is 1.92 bits per heavy atom. The number of carbonyl (C=O) groups excluding carboxylic acids is 1. The molecule has 5 nitrogen and oxygen atoms in total. The highest BCUT2D eigenvalue weighted by Gasteiger charge is 2.34. The van der Waals surface area contributed by atoms with Crippen molar-refractivity contribution in [3.05, 3.63) is 12.0 Å². The van der Waals surface area contributed by atoms with E-state index in [4.69, 9.17) is 5.11 Å². The molecular formula is C6H8O5S. The lowest BCUT2D eigenvalue weighted by Gasteiger charge is -2.04. The fraction of sp³-hybridized carbons (Fsp3) is 0.333. The van der Waals surface area contributed by atoms with Gasteiger partial charge in [-0.25, -0.2) is 8.42 Å². The summed E-state index contributed by atoms with van der Waals surface area (Å²) in [6.45, 7) is 3.82. The fourth-order valence-corrected chi connectivity index (χ4v) is 1.58. The smallest absolute Gasteiger partial charge is 0.329 e. The molecule has 0 bridgehead atoms. The van der Waals surface area contributed by atoms with Crippen LogP contribution in [0, 0.1) is 0 Å². The van der Waals surface area contributed by atoms with E-state index < -0.39 is 26.8 Å². The Labute approximate surface area is 69.6 Å². The first-order valence-corrected chi connectivity index (χ1v) is 4.53. The Morgan fingerprint density at radius 1 is 1.50 bits per heavy atom. The van der Waals surface area contributed by atoms with E-state index in [-0.39, 0.29) is 0 Å². The van der Waals surface area contributed by atoms with Gasteiger partial charge in [-0.05, 0) is 6.92 Å². The summed E-state index contributed by atoms with van der Waals surface area (Å²) in [6, 6.07) is 0. The van der Waals surface area contributed by atoms with Crippen molar-refractivity contribution in [3.8, 4) is 0 Å². The fourth-order valence-electron chi connectivity index (χ4n) is 0.642. The zero-order chi connectivity index (χ0) is 9.94. The highest BCUT2D eigenvalue weighted by Crippen LogP contribution is 2.04. The molecule has 0 aliphatic carbocycles. The molecule has 0 aliphatic rings. The van der Waals surface area contributed by atoms with Gasteiger partial charge in [0, 0.05) is 5.41 Å². The van der Waals surface area contributed by atoms with Crippen LogP contribution in [0.3, 0.4) is 0 Å². The first kappa shape index (κ1) is 10.8. The highest BCUT2D eigenvalue weighted by molar-refractivity contribution is 7.96. The van der Waals surface area contributed by atoms with Crippen LogP contribution in [-0.2, 0) is 19.4 Å². The number of hydrogen-bond acceptors (Lipinski definition) is 4. The van der Waals surface area contributed by atoms with Crippen LogP contribution in [0.15, 0.2) is 12.0 Å². The van der Waals surface area contributed by atoms with Crippen LogP contribution in [0.4, 0.5) is 0 Å². The molecule has 0 aliphatic heterocycles. The summed E-state index contributed by atoms with van der Waals surface area (Å²) >= 11 is 0. The molecule has 1 N–H and O–H groups in total. The summed E-state index contributed by atoms with van der Waals surface area (Å²) < 4.78 is 21.7. The van der Waals surface area contributed by atoms with Gasteiger partial charge in [0.05, 0.1) is 0 Å². The second-order valence-corrected chi connectivity index (χ2v) is 4.07. The molecule has 0 fully saturated rings. The van der Waals surface area contributed by atoms with E-state index in [1.54, 1.807) is 0 Å². The molecule has 6 heteroatoms. The summed E-state index contributed by atoms with van der Waals surface area (Å²) in [5.74, 6) is -2.61. The molecule has 12 heavy (non-hydrogen) atoms. The molecule has 0 aromatic rings. The normalized spacial score (nSPS) is 13.4. The van der Waals surface area contributed by atoms with Gasteiger partial charge in [0.1, 0.15) is 0 Å². The zero-order valence-corrected chi connectivity index (χ0v) is 7.17. The van der Waals surface area contributed by atoms with E-state index in [9.17, 15) is 18.0 Å². The molecule has 0 radical (unpaired) electrons. The van der Waals surface area contributed by atoms with E-state index >= 15 is 0 Å². The molecule has 0 spiro atoms. The SMILES string of the molecule is C=CS(=O)(=O)C(C(C)=O)C(=O)O. The summed E-state index contributed by atoms with van der Waals surface area (Å²) in [6.07, 6.45) is 0. The molecule has 1 atom stereocenters. The Bertz CT molecular complexity index is 299. The lowest BCUT2D eigenvalue weighted by molar-refractivity contribution is -0.139. The number of aliphatic carboxylic acids is 1. The molecular weight excluding hydrogens is 184 g/mol. The van der Waals surface area contributed by atoms with Crippen molar-refractivity contribution < 1.29 is 23.1 Å². The van der Waals surface area contributed by atoms with Crippen molar-refractivity contribution in [2.45, 2.75) is 12.2 Å². The number of carbonyl (C=O) groups is 2. The molecule has 0 amide bonds. The maximum Gasteiger partial charge on any atom is 0.329 e. The third-order valence-corrected chi connectivity index (χ3v) is 2.81. The monoisotopic (exact) mass is 192 g/mol. The van der Waals surface area contributed by atoms with Crippen molar-refractivity contribution in [1.82, 2.24) is 0 Å². The molecule has 0 saturated heterocycles. The highest BCUT2D eigenvalue weighted by atomic mass is 32.2. The number of Topliss-reactive ketones (excluding diaryl/α,β-unsaturated/α-hetero) is 1. The van der Waals surface area contributed by atoms with Gasteiger partial charge in [0.25, 0.3) is 0 Å².